The monoisotopic (exact) mass is 335 g/mol. The Bertz CT molecular complexity index is 399. The number of ether oxygens (including phenoxy) is 1. The zero-order valence-electron chi connectivity index (χ0n) is 10.3. The van der Waals surface area contributed by atoms with E-state index in [2.05, 4.69) is 15.9 Å². The molecule has 102 valence electrons. The minimum absolute atomic E-state index is 0. The molecule has 3 nitrogen and oxygen atoms in total. The lowest BCUT2D eigenvalue weighted by molar-refractivity contribution is 0.121. The first-order valence-corrected chi connectivity index (χ1v) is 6.78. The molecule has 1 saturated carbocycles. The summed E-state index contributed by atoms with van der Waals surface area (Å²) in [6, 6.07) is 5.37. The van der Waals surface area contributed by atoms with Crippen LogP contribution in [0.2, 0.25) is 0 Å². The molecule has 0 amide bonds. The topological polar surface area (TPSA) is 55.5 Å². The molecule has 0 radical (unpaired) electrons. The van der Waals surface area contributed by atoms with Gasteiger partial charge >= 0.3 is 0 Å². The molecule has 0 unspecified atom stereocenters. The number of aliphatic hydroxyl groups is 1. The SMILES string of the molecule is CCOc1ccc(Br)cc1[C@H](N)[C@H](O)C1CC1.Cl. The average Bonchev–Trinajstić information content (AvgIpc) is 3.14. The number of hydrogen-bond donors (Lipinski definition) is 2. The van der Waals surface area contributed by atoms with Gasteiger partial charge in [-0.2, -0.15) is 0 Å². The third-order valence-corrected chi connectivity index (χ3v) is 3.60. The van der Waals surface area contributed by atoms with Gasteiger partial charge in [-0.15, -0.1) is 12.4 Å². The van der Waals surface area contributed by atoms with E-state index in [0.717, 1.165) is 28.6 Å². The molecule has 2 atom stereocenters. The van der Waals surface area contributed by atoms with Crippen molar-refractivity contribution in [3.63, 3.8) is 0 Å². The van der Waals surface area contributed by atoms with Crippen LogP contribution in [0, 0.1) is 5.92 Å². The van der Waals surface area contributed by atoms with E-state index in [9.17, 15) is 5.11 Å². The maximum Gasteiger partial charge on any atom is 0.124 e. The summed E-state index contributed by atoms with van der Waals surface area (Å²) in [6.45, 7) is 2.54. The normalized spacial score (nSPS) is 17.8. The van der Waals surface area contributed by atoms with Crippen molar-refractivity contribution >= 4 is 28.3 Å². The summed E-state index contributed by atoms with van der Waals surface area (Å²) in [7, 11) is 0. The summed E-state index contributed by atoms with van der Waals surface area (Å²) in [4.78, 5) is 0. The Morgan fingerprint density at radius 1 is 1.50 bits per heavy atom. The molecular formula is C13H19BrClNO2. The van der Waals surface area contributed by atoms with Crippen LogP contribution in [0.4, 0.5) is 0 Å². The van der Waals surface area contributed by atoms with E-state index in [1.807, 2.05) is 25.1 Å². The van der Waals surface area contributed by atoms with Gasteiger partial charge in [0.05, 0.1) is 18.8 Å². The average molecular weight is 337 g/mol. The molecule has 2 rings (SSSR count). The summed E-state index contributed by atoms with van der Waals surface area (Å²) in [6.07, 6.45) is 1.68. The molecule has 1 aliphatic carbocycles. The predicted octanol–water partition coefficient (Wildman–Crippen LogP) is 3.04. The van der Waals surface area contributed by atoms with Gasteiger partial charge in [0.25, 0.3) is 0 Å². The van der Waals surface area contributed by atoms with Crippen molar-refractivity contribution in [3.05, 3.63) is 28.2 Å². The number of hydrogen-bond acceptors (Lipinski definition) is 3. The van der Waals surface area contributed by atoms with Crippen molar-refractivity contribution in [1.29, 1.82) is 0 Å². The van der Waals surface area contributed by atoms with Crippen LogP contribution >= 0.6 is 28.3 Å². The zero-order chi connectivity index (χ0) is 12.4. The summed E-state index contributed by atoms with van der Waals surface area (Å²) in [5.41, 5.74) is 7.00. The fourth-order valence-electron chi connectivity index (χ4n) is 1.98. The van der Waals surface area contributed by atoms with Gasteiger partial charge in [-0.3, -0.25) is 0 Å². The molecule has 0 spiro atoms. The Kier molecular flexibility index (Phi) is 5.92. The lowest BCUT2D eigenvalue weighted by Crippen LogP contribution is -2.28. The molecule has 1 aromatic carbocycles. The van der Waals surface area contributed by atoms with Crippen molar-refractivity contribution in [2.24, 2.45) is 11.7 Å². The molecule has 0 aromatic heterocycles. The number of halogens is 2. The number of aliphatic hydroxyl groups excluding tert-OH is 1. The third kappa shape index (κ3) is 3.60. The first-order chi connectivity index (χ1) is 8.13. The van der Waals surface area contributed by atoms with Crippen molar-refractivity contribution in [3.8, 4) is 5.75 Å². The summed E-state index contributed by atoms with van der Waals surface area (Å²) < 4.78 is 6.50. The Labute approximate surface area is 122 Å². The molecule has 0 bridgehead atoms. The van der Waals surface area contributed by atoms with Crippen LogP contribution in [-0.2, 0) is 0 Å². The fraction of sp³-hybridized carbons (Fsp3) is 0.538. The second-order valence-corrected chi connectivity index (χ2v) is 5.38. The van der Waals surface area contributed by atoms with Gasteiger partial charge < -0.3 is 15.6 Å². The van der Waals surface area contributed by atoms with Crippen molar-refractivity contribution in [1.82, 2.24) is 0 Å². The highest BCUT2D eigenvalue weighted by atomic mass is 79.9. The van der Waals surface area contributed by atoms with Crippen molar-refractivity contribution in [2.75, 3.05) is 6.61 Å². The Morgan fingerprint density at radius 3 is 2.72 bits per heavy atom. The van der Waals surface area contributed by atoms with Gasteiger partial charge in [0, 0.05) is 10.0 Å². The van der Waals surface area contributed by atoms with E-state index < -0.39 is 6.10 Å². The van der Waals surface area contributed by atoms with Crippen LogP contribution in [0.15, 0.2) is 22.7 Å². The van der Waals surface area contributed by atoms with E-state index >= 15 is 0 Å². The Balaban J connectivity index is 0.00000162. The van der Waals surface area contributed by atoms with Crippen LogP contribution in [0.25, 0.3) is 0 Å². The maximum atomic E-state index is 10.1. The van der Waals surface area contributed by atoms with Crippen LogP contribution in [0.5, 0.6) is 5.75 Å². The minimum Gasteiger partial charge on any atom is -0.494 e. The quantitative estimate of drug-likeness (QED) is 0.869. The number of rotatable bonds is 5. The first kappa shape index (κ1) is 15.8. The lowest BCUT2D eigenvalue weighted by atomic mass is 9.98. The van der Waals surface area contributed by atoms with E-state index in [0.29, 0.717) is 12.5 Å². The van der Waals surface area contributed by atoms with Gasteiger partial charge in [0.15, 0.2) is 0 Å². The largest absolute Gasteiger partial charge is 0.494 e. The second-order valence-electron chi connectivity index (χ2n) is 4.47. The maximum absolute atomic E-state index is 10.1. The van der Waals surface area contributed by atoms with Crippen molar-refractivity contribution < 1.29 is 9.84 Å². The molecule has 1 fully saturated rings. The highest BCUT2D eigenvalue weighted by Crippen LogP contribution is 2.39. The molecule has 0 heterocycles. The van der Waals surface area contributed by atoms with Gasteiger partial charge in [0.1, 0.15) is 5.75 Å². The molecule has 0 saturated heterocycles. The molecular weight excluding hydrogens is 318 g/mol. The fourth-order valence-corrected chi connectivity index (χ4v) is 2.36. The zero-order valence-corrected chi connectivity index (χ0v) is 12.7. The number of benzene rings is 1. The molecule has 18 heavy (non-hydrogen) atoms. The third-order valence-electron chi connectivity index (χ3n) is 3.10. The van der Waals surface area contributed by atoms with Gasteiger partial charge in [0.2, 0.25) is 0 Å². The van der Waals surface area contributed by atoms with Crippen LogP contribution in [0.3, 0.4) is 0 Å². The van der Waals surface area contributed by atoms with Gasteiger partial charge in [-0.25, -0.2) is 0 Å². The highest BCUT2D eigenvalue weighted by molar-refractivity contribution is 9.10. The smallest absolute Gasteiger partial charge is 0.124 e. The molecule has 3 N–H and O–H groups in total. The summed E-state index contributed by atoms with van der Waals surface area (Å²) >= 11 is 3.42. The van der Waals surface area contributed by atoms with E-state index in [-0.39, 0.29) is 18.4 Å². The standard InChI is InChI=1S/C13H18BrNO2.ClH/c1-2-17-11-6-5-9(14)7-10(11)12(15)13(16)8-3-4-8;/h5-8,12-13,16H,2-4,15H2,1H3;1H/t12-,13+;/m0./s1. The van der Waals surface area contributed by atoms with Crippen LogP contribution in [0.1, 0.15) is 31.4 Å². The second kappa shape index (κ2) is 6.75. The number of nitrogens with two attached hydrogens (primary N) is 1. The molecule has 1 aliphatic rings. The Morgan fingerprint density at radius 2 is 2.17 bits per heavy atom. The minimum atomic E-state index is -0.469. The first-order valence-electron chi connectivity index (χ1n) is 5.99. The molecule has 5 heteroatoms. The molecule has 0 aliphatic heterocycles. The Hall–Kier alpha value is -0.290. The van der Waals surface area contributed by atoms with Gasteiger partial charge in [-0.1, -0.05) is 15.9 Å². The summed E-state index contributed by atoms with van der Waals surface area (Å²) in [5, 5.41) is 10.1. The highest BCUT2D eigenvalue weighted by Gasteiger charge is 2.35. The van der Waals surface area contributed by atoms with Crippen LogP contribution < -0.4 is 10.5 Å². The predicted molar refractivity (Wildman–Crippen MR) is 78.2 cm³/mol. The van der Waals surface area contributed by atoms with Crippen molar-refractivity contribution in [2.45, 2.75) is 31.9 Å². The van der Waals surface area contributed by atoms with E-state index in [1.165, 1.54) is 0 Å². The molecule has 1 aromatic rings. The van der Waals surface area contributed by atoms with Crippen LogP contribution in [-0.4, -0.2) is 17.8 Å². The lowest BCUT2D eigenvalue weighted by Gasteiger charge is -2.21. The van der Waals surface area contributed by atoms with E-state index in [4.69, 9.17) is 10.5 Å². The van der Waals surface area contributed by atoms with Gasteiger partial charge in [-0.05, 0) is 43.9 Å². The van der Waals surface area contributed by atoms with E-state index in [1.54, 1.807) is 0 Å². The summed E-state index contributed by atoms with van der Waals surface area (Å²) in [5.74, 6) is 1.13.